The number of methoxy groups -OCH3 is 1. The highest BCUT2D eigenvalue weighted by atomic mass is 32.2. The van der Waals surface area contributed by atoms with E-state index in [0.29, 0.717) is 0 Å². The van der Waals surface area contributed by atoms with Gasteiger partial charge in [0.25, 0.3) is 5.69 Å². The number of hydrogen-bond acceptors (Lipinski definition) is 7. The van der Waals surface area contributed by atoms with Crippen molar-refractivity contribution in [3.05, 3.63) is 33.9 Å². The Morgan fingerprint density at radius 2 is 2.00 bits per heavy atom. The fourth-order valence-electron chi connectivity index (χ4n) is 1.27. The third-order valence-corrected chi connectivity index (χ3v) is 3.08. The Labute approximate surface area is 114 Å². The van der Waals surface area contributed by atoms with Crippen LogP contribution in [0.25, 0.3) is 0 Å². The summed E-state index contributed by atoms with van der Waals surface area (Å²) in [6.07, 6.45) is 0. The fraction of sp³-hybridized carbons (Fsp3) is 0.300. The zero-order valence-electron chi connectivity index (χ0n) is 10.4. The first-order valence-electron chi connectivity index (χ1n) is 5.24. The molecule has 2 N–H and O–H groups in total. The first kappa shape index (κ1) is 16.0. The van der Waals surface area contributed by atoms with Crippen LogP contribution in [-0.4, -0.2) is 39.6 Å². The van der Waals surface area contributed by atoms with Crippen LogP contribution in [0.2, 0.25) is 0 Å². The molecule has 0 saturated heterocycles. The molecule has 1 aromatic carbocycles. The molecule has 0 bridgehead atoms. The van der Waals surface area contributed by atoms with Gasteiger partial charge in [-0.25, -0.2) is 18.4 Å². The van der Waals surface area contributed by atoms with Gasteiger partial charge in [-0.2, -0.15) is 0 Å². The molecule has 0 heterocycles. The lowest BCUT2D eigenvalue weighted by Crippen LogP contribution is -2.15. The summed E-state index contributed by atoms with van der Waals surface area (Å²) in [5.41, 5.74) is -0.852. The second-order valence-corrected chi connectivity index (χ2v) is 5.21. The third kappa shape index (κ3) is 4.26. The fourth-order valence-corrected chi connectivity index (χ4v) is 1.85. The molecule has 0 amide bonds. The number of nitro benzene ring substituents is 1. The Bertz CT molecular complexity index is 626. The summed E-state index contributed by atoms with van der Waals surface area (Å²) < 4.78 is 31.9. The average Bonchev–Trinajstić information content (AvgIpc) is 2.37. The summed E-state index contributed by atoms with van der Waals surface area (Å²) in [7, 11) is -2.77. The maximum Gasteiger partial charge on any atom is 0.338 e. The lowest BCUT2D eigenvalue weighted by Gasteiger charge is -2.05. The number of nitrogens with zero attached hydrogens (tertiary/aromatic N) is 1. The van der Waals surface area contributed by atoms with Gasteiger partial charge in [-0.3, -0.25) is 10.1 Å². The first-order chi connectivity index (χ1) is 9.25. The highest BCUT2D eigenvalue weighted by Crippen LogP contribution is 2.20. The van der Waals surface area contributed by atoms with Crippen molar-refractivity contribution in [2.45, 2.75) is 4.90 Å². The smallest absolute Gasteiger partial charge is 0.338 e. The Hall–Kier alpha value is -2.04. The van der Waals surface area contributed by atoms with E-state index in [0.717, 1.165) is 18.2 Å². The SMILES string of the molecule is COCCOC(=O)c1cc([N+](=O)[O-])cc(S(N)(=O)=O)c1. The van der Waals surface area contributed by atoms with Crippen molar-refractivity contribution >= 4 is 21.7 Å². The summed E-state index contributed by atoms with van der Waals surface area (Å²) in [6.45, 7) is 0.0748. The van der Waals surface area contributed by atoms with Crippen LogP contribution >= 0.6 is 0 Å². The zero-order chi connectivity index (χ0) is 15.3. The highest BCUT2D eigenvalue weighted by Gasteiger charge is 2.20. The van der Waals surface area contributed by atoms with E-state index in [1.54, 1.807) is 0 Å². The first-order valence-corrected chi connectivity index (χ1v) is 6.78. The molecule has 1 aromatic rings. The largest absolute Gasteiger partial charge is 0.460 e. The predicted octanol–water partition coefficient (Wildman–Crippen LogP) is 0.0454. The topological polar surface area (TPSA) is 139 Å². The molecule has 0 aromatic heterocycles. The van der Waals surface area contributed by atoms with Crippen molar-refractivity contribution in [2.24, 2.45) is 5.14 Å². The summed E-state index contributed by atoms with van der Waals surface area (Å²) in [5.74, 6) is -0.907. The van der Waals surface area contributed by atoms with Gasteiger partial charge in [0.2, 0.25) is 10.0 Å². The zero-order valence-corrected chi connectivity index (χ0v) is 11.3. The number of carbonyl (C=O) groups excluding carboxylic acids is 1. The normalized spacial score (nSPS) is 11.1. The van der Waals surface area contributed by atoms with Crippen molar-refractivity contribution in [3.63, 3.8) is 0 Å². The third-order valence-electron chi connectivity index (χ3n) is 2.19. The summed E-state index contributed by atoms with van der Waals surface area (Å²) in [6, 6.07) is 2.59. The van der Waals surface area contributed by atoms with Gasteiger partial charge in [0.15, 0.2) is 0 Å². The number of sulfonamides is 1. The second-order valence-electron chi connectivity index (χ2n) is 3.65. The van der Waals surface area contributed by atoms with Gasteiger partial charge in [-0.05, 0) is 6.07 Å². The van der Waals surface area contributed by atoms with Crippen LogP contribution in [0.5, 0.6) is 0 Å². The highest BCUT2D eigenvalue weighted by molar-refractivity contribution is 7.89. The molecule has 20 heavy (non-hydrogen) atoms. The molecule has 0 atom stereocenters. The van der Waals surface area contributed by atoms with Crippen LogP contribution in [0.4, 0.5) is 5.69 Å². The summed E-state index contributed by atoms with van der Waals surface area (Å²) in [5, 5.41) is 15.6. The van der Waals surface area contributed by atoms with E-state index >= 15 is 0 Å². The molecule has 9 nitrogen and oxygen atoms in total. The lowest BCUT2D eigenvalue weighted by molar-refractivity contribution is -0.385. The molecular formula is C10H12N2O7S. The number of hydrogen-bond donors (Lipinski definition) is 1. The molecular weight excluding hydrogens is 292 g/mol. The molecule has 0 aliphatic rings. The van der Waals surface area contributed by atoms with E-state index in [1.807, 2.05) is 0 Å². The number of ether oxygens (including phenoxy) is 2. The van der Waals surface area contributed by atoms with E-state index < -0.39 is 31.5 Å². The monoisotopic (exact) mass is 304 g/mol. The Morgan fingerprint density at radius 1 is 1.35 bits per heavy atom. The van der Waals surface area contributed by atoms with Gasteiger partial charge >= 0.3 is 5.97 Å². The number of non-ortho nitro benzene ring substituents is 1. The molecule has 110 valence electrons. The molecule has 0 saturated carbocycles. The van der Waals surface area contributed by atoms with Crippen LogP contribution in [-0.2, 0) is 19.5 Å². The van der Waals surface area contributed by atoms with E-state index in [-0.39, 0.29) is 18.8 Å². The Kier molecular flexibility index (Phi) is 5.13. The standard InChI is InChI=1S/C10H12N2O7S/c1-18-2-3-19-10(13)7-4-8(12(14)15)6-9(5-7)20(11,16)17/h4-6H,2-3H2,1H3,(H2,11,16,17). The Morgan fingerprint density at radius 3 is 2.50 bits per heavy atom. The van der Waals surface area contributed by atoms with Gasteiger partial charge in [-0.15, -0.1) is 0 Å². The number of benzene rings is 1. The van der Waals surface area contributed by atoms with E-state index in [2.05, 4.69) is 4.74 Å². The van der Waals surface area contributed by atoms with Gasteiger partial charge < -0.3 is 9.47 Å². The lowest BCUT2D eigenvalue weighted by atomic mass is 10.2. The van der Waals surface area contributed by atoms with Crippen LogP contribution in [0.3, 0.4) is 0 Å². The maximum atomic E-state index is 11.6. The molecule has 10 heteroatoms. The van der Waals surface area contributed by atoms with Crippen LogP contribution in [0, 0.1) is 10.1 Å². The minimum absolute atomic E-state index is 0.0667. The minimum Gasteiger partial charge on any atom is -0.460 e. The molecule has 1 rings (SSSR count). The van der Waals surface area contributed by atoms with Crippen molar-refractivity contribution in [3.8, 4) is 0 Å². The predicted molar refractivity (Wildman–Crippen MR) is 66.6 cm³/mol. The van der Waals surface area contributed by atoms with E-state index in [1.165, 1.54) is 7.11 Å². The van der Waals surface area contributed by atoms with Crippen molar-refractivity contribution in [1.82, 2.24) is 0 Å². The van der Waals surface area contributed by atoms with Gasteiger partial charge in [0.05, 0.1) is 22.0 Å². The molecule has 0 aliphatic carbocycles. The molecule has 0 unspecified atom stereocenters. The van der Waals surface area contributed by atoms with Crippen LogP contribution in [0.1, 0.15) is 10.4 Å². The van der Waals surface area contributed by atoms with E-state index in [4.69, 9.17) is 9.88 Å². The minimum atomic E-state index is -4.18. The van der Waals surface area contributed by atoms with Gasteiger partial charge in [-0.1, -0.05) is 0 Å². The van der Waals surface area contributed by atoms with E-state index in [9.17, 15) is 23.3 Å². The van der Waals surface area contributed by atoms with Crippen molar-refractivity contribution in [1.29, 1.82) is 0 Å². The van der Waals surface area contributed by atoms with Gasteiger partial charge in [0, 0.05) is 19.2 Å². The Balaban J connectivity index is 3.16. The van der Waals surface area contributed by atoms with Crippen molar-refractivity contribution in [2.75, 3.05) is 20.3 Å². The number of nitro groups is 1. The second kappa shape index (κ2) is 6.41. The molecule has 0 spiro atoms. The number of nitrogens with two attached hydrogens (primary N) is 1. The molecule has 0 aliphatic heterocycles. The molecule has 0 fully saturated rings. The van der Waals surface area contributed by atoms with Crippen LogP contribution in [0.15, 0.2) is 23.1 Å². The van der Waals surface area contributed by atoms with Crippen LogP contribution < -0.4 is 5.14 Å². The quantitative estimate of drug-likeness (QED) is 0.339. The number of primary sulfonamides is 1. The van der Waals surface area contributed by atoms with Gasteiger partial charge in [0.1, 0.15) is 6.61 Å². The number of rotatable bonds is 6. The number of esters is 1. The number of carbonyl (C=O) groups is 1. The molecule has 0 radical (unpaired) electrons. The summed E-state index contributed by atoms with van der Waals surface area (Å²) in [4.78, 5) is 21.0. The average molecular weight is 304 g/mol. The summed E-state index contributed by atoms with van der Waals surface area (Å²) >= 11 is 0. The maximum absolute atomic E-state index is 11.6. The van der Waals surface area contributed by atoms with Crippen molar-refractivity contribution < 1.29 is 27.6 Å².